The monoisotopic (exact) mass is 680 g/mol. The molecule has 0 aliphatic carbocycles. The Hall–Kier alpha value is 0.110. The van der Waals surface area contributed by atoms with E-state index in [4.69, 9.17) is 29.0 Å². The second-order valence-corrected chi connectivity index (χ2v) is 18.5. The van der Waals surface area contributed by atoms with Gasteiger partial charge in [0.25, 0.3) is 0 Å². The Morgan fingerprint density at radius 3 is 1.11 bits per heavy atom. The Bertz CT molecular complexity index is 767. The second-order valence-electron chi connectivity index (χ2n) is 13.9. The minimum atomic E-state index is -3.39. The van der Waals surface area contributed by atoms with Crippen LogP contribution >= 0.6 is 6.12 Å². The molecule has 0 saturated heterocycles. The molecule has 0 saturated carbocycles. The van der Waals surface area contributed by atoms with Crippen molar-refractivity contribution in [2.24, 2.45) is 0 Å². The van der Waals surface area contributed by atoms with E-state index in [1.165, 1.54) is 192 Å². The van der Waals surface area contributed by atoms with E-state index in [1.807, 2.05) is 6.07 Å². The first-order valence-corrected chi connectivity index (χ1v) is 23.4. The molecule has 1 aromatic carbocycles. The van der Waals surface area contributed by atoms with Crippen molar-refractivity contribution >= 4 is 30.6 Å². The molecule has 1 aromatic rings. The third-order valence-electron chi connectivity index (χ3n) is 9.45. The summed E-state index contributed by atoms with van der Waals surface area (Å²) in [5.74, 6) is 0.647. The summed E-state index contributed by atoms with van der Waals surface area (Å²) in [7, 11) is 0. The van der Waals surface area contributed by atoms with Gasteiger partial charge in [-0.05, 0) is 42.9 Å². The second kappa shape index (κ2) is 31.4. The number of hydrogen-bond donors (Lipinski definition) is 0. The van der Waals surface area contributed by atoms with Crippen LogP contribution in [0.1, 0.15) is 218 Å². The van der Waals surface area contributed by atoms with Gasteiger partial charge in [-0.15, -0.1) is 6.12 Å². The Kier molecular flexibility index (Phi) is 30.1. The summed E-state index contributed by atoms with van der Waals surface area (Å²) in [6.07, 6.45) is 40.1. The van der Waals surface area contributed by atoms with Crippen LogP contribution in [-0.2, 0) is 37.3 Å². The molecule has 0 atom stereocenters. The Morgan fingerprint density at radius 1 is 0.467 bits per heavy atom. The maximum absolute atomic E-state index is 12.1. The molecule has 2 nitrogen and oxygen atoms in total. The molecule has 0 fully saturated rings. The summed E-state index contributed by atoms with van der Waals surface area (Å²) in [6, 6.07) is 6.35. The average molecular weight is 681 g/mol. The molecule has 0 aromatic heterocycles. The van der Waals surface area contributed by atoms with E-state index < -0.39 is 6.12 Å². The highest BCUT2D eigenvalue weighted by atomic mass is 33.1. The van der Waals surface area contributed by atoms with Gasteiger partial charge in [0.15, 0.2) is 5.75 Å². The fourth-order valence-electron chi connectivity index (χ4n) is 6.58. The van der Waals surface area contributed by atoms with E-state index >= 15 is 0 Å². The summed E-state index contributed by atoms with van der Waals surface area (Å²) in [5.41, 5.74) is 2.50. The van der Waals surface area contributed by atoms with Crippen molar-refractivity contribution in [3.63, 3.8) is 0 Å². The fourth-order valence-corrected chi connectivity index (χ4v) is 7.48. The molecule has 0 unspecified atom stereocenters. The molecule has 0 bridgehead atoms. The Labute approximate surface area is 293 Å². The molecule has 0 heterocycles. The lowest BCUT2D eigenvalue weighted by molar-refractivity contribution is -0.169. The van der Waals surface area contributed by atoms with Crippen LogP contribution in [-0.4, -0.2) is 0 Å². The lowest BCUT2D eigenvalue weighted by atomic mass is 9.99. The fraction of sp³-hybridized carbons (Fsp3) is 0.850. The van der Waals surface area contributed by atoms with E-state index in [0.717, 1.165) is 24.8 Å². The molecule has 264 valence electrons. The van der Waals surface area contributed by atoms with E-state index in [9.17, 15) is 4.89 Å². The zero-order valence-corrected chi connectivity index (χ0v) is 32.5. The first-order valence-electron chi connectivity index (χ1n) is 19.8. The van der Waals surface area contributed by atoms with Gasteiger partial charge in [-0.2, -0.15) is 0 Å². The van der Waals surface area contributed by atoms with E-state index in [-0.39, 0.29) is 0 Å². The highest BCUT2D eigenvalue weighted by molar-refractivity contribution is 8.69. The molecule has 1 rings (SSSR count). The van der Waals surface area contributed by atoms with Crippen molar-refractivity contribution in [2.45, 2.75) is 219 Å². The number of unbranched alkanes of at least 4 members (excludes halogenated alkanes) is 28. The number of rotatable bonds is 34. The topological polar surface area (TPSA) is 32.3 Å². The number of benzene rings is 1. The highest BCUT2D eigenvalue weighted by Gasteiger charge is 2.09. The molecule has 0 N–H and O–H groups in total. The van der Waals surface area contributed by atoms with Crippen molar-refractivity contribution in [3.8, 4) is 5.75 Å². The van der Waals surface area contributed by atoms with Crippen molar-refractivity contribution < 1.29 is 9.42 Å². The lowest BCUT2D eigenvalue weighted by Gasteiger charge is -2.42. The van der Waals surface area contributed by atoms with Gasteiger partial charge in [-0.25, -0.2) is 0 Å². The third kappa shape index (κ3) is 28.8. The largest absolute Gasteiger partial charge is 0.682 e. The van der Waals surface area contributed by atoms with Gasteiger partial charge in [0.05, 0.1) is 0 Å². The van der Waals surface area contributed by atoms with Gasteiger partial charge in [-0.1, -0.05) is 206 Å². The van der Waals surface area contributed by atoms with E-state index in [0.29, 0.717) is 5.75 Å². The average Bonchev–Trinajstić information content (AvgIpc) is 3.01. The smallest absolute Gasteiger partial charge is 0.170 e. The molecular weight excluding hydrogens is 608 g/mol. The van der Waals surface area contributed by atoms with Gasteiger partial charge >= 0.3 is 0 Å². The summed E-state index contributed by atoms with van der Waals surface area (Å²) < 4.78 is 5.58. The van der Waals surface area contributed by atoms with Crippen LogP contribution in [0.25, 0.3) is 0 Å². The first kappa shape index (κ1) is 43.1. The molecule has 0 amide bonds. The van der Waals surface area contributed by atoms with Gasteiger partial charge < -0.3 is 33.9 Å². The van der Waals surface area contributed by atoms with Crippen LogP contribution in [0.3, 0.4) is 0 Å². The van der Waals surface area contributed by atoms with Gasteiger partial charge in [-0.3, -0.25) is 0 Å². The summed E-state index contributed by atoms with van der Waals surface area (Å²) in [4.78, 5) is 12.1. The van der Waals surface area contributed by atoms with Crippen molar-refractivity contribution in [2.75, 3.05) is 0 Å². The maximum Gasteiger partial charge on any atom is 0.170 e. The van der Waals surface area contributed by atoms with Gasteiger partial charge in [0.2, 0.25) is 0 Å². The van der Waals surface area contributed by atoms with E-state index in [1.54, 1.807) is 0 Å². The molecule has 0 aliphatic rings. The van der Waals surface area contributed by atoms with Gasteiger partial charge in [0.1, 0.15) is 0 Å². The summed E-state index contributed by atoms with van der Waals surface area (Å²) in [6.45, 7) is 4.58. The zero-order chi connectivity index (χ0) is 32.7. The maximum atomic E-state index is 12.1. The minimum Gasteiger partial charge on any atom is -0.682 e. The van der Waals surface area contributed by atoms with Gasteiger partial charge in [0, 0.05) is 0 Å². The number of aryl methyl sites for hydroxylation is 2. The van der Waals surface area contributed by atoms with Crippen molar-refractivity contribution in [3.05, 3.63) is 29.3 Å². The normalized spacial score (nSPS) is 11.8. The third-order valence-corrected chi connectivity index (χ3v) is 10.3. The van der Waals surface area contributed by atoms with Crippen LogP contribution in [0, 0.1) is 0 Å². The molecule has 0 aliphatic heterocycles. The highest BCUT2D eigenvalue weighted by Crippen LogP contribution is 2.47. The molecule has 0 radical (unpaired) electrons. The van der Waals surface area contributed by atoms with Crippen LogP contribution in [0.5, 0.6) is 5.75 Å². The minimum absolute atomic E-state index is 0.647. The lowest BCUT2D eigenvalue weighted by Crippen LogP contribution is -2.10. The summed E-state index contributed by atoms with van der Waals surface area (Å²) in [5, 5.41) is 0. The Balaban J connectivity index is 2.15. The van der Waals surface area contributed by atoms with Crippen molar-refractivity contribution in [1.29, 1.82) is 0 Å². The Morgan fingerprint density at radius 2 is 0.778 bits per heavy atom. The molecule has 0 spiro atoms. The first-order chi connectivity index (χ1) is 22.0. The van der Waals surface area contributed by atoms with Crippen LogP contribution in [0.15, 0.2) is 18.2 Å². The quantitative estimate of drug-likeness (QED) is 0.0412. The van der Waals surface area contributed by atoms with E-state index in [2.05, 4.69) is 26.0 Å². The van der Waals surface area contributed by atoms with Crippen LogP contribution < -0.4 is 9.42 Å². The zero-order valence-electron chi connectivity index (χ0n) is 29.9. The van der Waals surface area contributed by atoms with Crippen LogP contribution in [0.2, 0.25) is 0 Å². The molecule has 45 heavy (non-hydrogen) atoms. The SMILES string of the molecule is CCCCCCCCCCCCCCCCCc1ccc(O[P+]([O-])([S-])[S-])c(CCCCCCCCCCCCCCCCC)c1. The predicted octanol–water partition coefficient (Wildman–Crippen LogP) is 14.0. The van der Waals surface area contributed by atoms with Crippen LogP contribution in [0.4, 0.5) is 0 Å². The number of hydrogen-bond acceptors (Lipinski definition) is 4. The molecular formula is C40H73O2PS2-2. The van der Waals surface area contributed by atoms with Crippen molar-refractivity contribution in [1.82, 2.24) is 0 Å². The molecule has 5 heteroatoms. The summed E-state index contributed by atoms with van der Waals surface area (Å²) >= 11 is 9.86. The standard InChI is InChI=1S/C40H75O2PS2/c1-3-5-7-9-11-13-15-17-19-21-23-25-27-29-31-33-38-35-36-40(42-43(41,44)45)39(37-38)34-32-30-28-26-24-22-20-18-16-14-12-10-8-6-4-2/h35-37H,3-34H2,1-2H3,(H2,41,44,45)/p-2. The predicted molar refractivity (Wildman–Crippen MR) is 206 cm³/mol.